The monoisotopic (exact) mass is 414 g/mol. The summed E-state index contributed by atoms with van der Waals surface area (Å²) in [5.41, 5.74) is 5.61. The summed E-state index contributed by atoms with van der Waals surface area (Å²) in [5.74, 6) is 0.863. The highest BCUT2D eigenvalue weighted by Crippen LogP contribution is 2.33. The Bertz CT molecular complexity index is 1140. The van der Waals surface area contributed by atoms with E-state index < -0.39 is 5.54 Å². The van der Waals surface area contributed by atoms with Crippen LogP contribution in [0.4, 0.5) is 5.69 Å². The Hall–Kier alpha value is -3.41. The molecule has 1 aliphatic carbocycles. The lowest BCUT2D eigenvalue weighted by atomic mass is 9.77. The Morgan fingerprint density at radius 1 is 1.29 bits per heavy atom. The second kappa shape index (κ2) is 7.38. The summed E-state index contributed by atoms with van der Waals surface area (Å²) in [6.45, 7) is 6.46. The second-order valence-corrected chi connectivity index (χ2v) is 8.86. The number of carbonyl (C=O) groups is 2. The van der Waals surface area contributed by atoms with E-state index in [0.29, 0.717) is 36.7 Å². The molecule has 2 aromatic carbocycles. The van der Waals surface area contributed by atoms with E-state index in [2.05, 4.69) is 40.5 Å². The number of aryl methyl sites for hydroxylation is 1. The summed E-state index contributed by atoms with van der Waals surface area (Å²) in [6.07, 6.45) is 4.96. The van der Waals surface area contributed by atoms with Gasteiger partial charge in [0.1, 0.15) is 5.54 Å². The Balaban J connectivity index is 1.30. The maximum Gasteiger partial charge on any atom is 0.251 e. The van der Waals surface area contributed by atoms with Crippen molar-refractivity contribution in [2.75, 3.05) is 0 Å². The molecule has 2 amide bonds. The average molecular weight is 415 g/mol. The largest absolute Gasteiger partial charge is 0.358 e. The molecule has 6 heteroatoms. The van der Waals surface area contributed by atoms with Gasteiger partial charge in [-0.1, -0.05) is 31.7 Å². The fourth-order valence-electron chi connectivity index (χ4n) is 4.87. The third-order valence-corrected chi connectivity index (χ3v) is 6.55. The first-order valence-corrected chi connectivity index (χ1v) is 10.8. The molecule has 158 valence electrons. The minimum atomic E-state index is -0.611. The summed E-state index contributed by atoms with van der Waals surface area (Å²) in [7, 11) is 0. The molecule has 1 saturated heterocycles. The SMILES string of the molecule is C=C1NC(=O)C2(CCc3cc(C(=O)NCc4cccc5c4CC(C)C=N5)ccc3C2)N1. The second-order valence-electron chi connectivity index (χ2n) is 8.86. The van der Waals surface area contributed by atoms with Crippen LogP contribution in [0.2, 0.25) is 0 Å². The number of benzene rings is 2. The van der Waals surface area contributed by atoms with Crippen molar-refractivity contribution in [3.05, 3.63) is 76.6 Å². The van der Waals surface area contributed by atoms with Crippen molar-refractivity contribution in [1.29, 1.82) is 0 Å². The van der Waals surface area contributed by atoms with Gasteiger partial charge in [0.25, 0.3) is 11.8 Å². The predicted octanol–water partition coefficient (Wildman–Crippen LogP) is 2.93. The zero-order valence-corrected chi connectivity index (χ0v) is 17.6. The molecule has 1 spiro atoms. The number of carbonyl (C=O) groups excluding carboxylic acids is 2. The minimum absolute atomic E-state index is 0.0187. The van der Waals surface area contributed by atoms with Crippen LogP contribution in [0.3, 0.4) is 0 Å². The number of hydrogen-bond acceptors (Lipinski definition) is 4. The van der Waals surface area contributed by atoms with Crippen molar-refractivity contribution in [2.24, 2.45) is 10.9 Å². The Kier molecular flexibility index (Phi) is 4.65. The van der Waals surface area contributed by atoms with Crippen molar-refractivity contribution < 1.29 is 9.59 Å². The van der Waals surface area contributed by atoms with Crippen molar-refractivity contribution in [3.8, 4) is 0 Å². The summed E-state index contributed by atoms with van der Waals surface area (Å²) in [6, 6.07) is 11.9. The van der Waals surface area contributed by atoms with Gasteiger partial charge >= 0.3 is 0 Å². The van der Waals surface area contributed by atoms with Gasteiger partial charge in [0.05, 0.1) is 11.5 Å². The predicted molar refractivity (Wildman–Crippen MR) is 120 cm³/mol. The molecular formula is C25H26N4O2. The molecule has 0 radical (unpaired) electrons. The van der Waals surface area contributed by atoms with Gasteiger partial charge in [-0.15, -0.1) is 0 Å². The van der Waals surface area contributed by atoms with Crippen molar-refractivity contribution in [1.82, 2.24) is 16.0 Å². The zero-order valence-electron chi connectivity index (χ0n) is 17.6. The highest BCUT2D eigenvalue weighted by molar-refractivity contribution is 5.95. The van der Waals surface area contributed by atoms with E-state index in [1.807, 2.05) is 36.5 Å². The molecule has 0 bridgehead atoms. The van der Waals surface area contributed by atoms with Crippen LogP contribution < -0.4 is 16.0 Å². The number of nitrogens with one attached hydrogen (secondary N) is 3. The molecule has 31 heavy (non-hydrogen) atoms. The van der Waals surface area contributed by atoms with E-state index >= 15 is 0 Å². The van der Waals surface area contributed by atoms with Crippen LogP contribution in [-0.4, -0.2) is 23.6 Å². The van der Waals surface area contributed by atoms with E-state index in [1.165, 1.54) is 5.56 Å². The van der Waals surface area contributed by atoms with Crippen LogP contribution >= 0.6 is 0 Å². The Labute approximate surface area is 181 Å². The highest BCUT2D eigenvalue weighted by Gasteiger charge is 2.45. The van der Waals surface area contributed by atoms with E-state index in [-0.39, 0.29) is 11.8 Å². The van der Waals surface area contributed by atoms with Crippen molar-refractivity contribution in [2.45, 2.75) is 44.7 Å². The maximum atomic E-state index is 12.9. The van der Waals surface area contributed by atoms with Crippen LogP contribution in [0.25, 0.3) is 0 Å². The highest BCUT2D eigenvalue weighted by atomic mass is 16.2. The van der Waals surface area contributed by atoms with E-state index in [9.17, 15) is 9.59 Å². The Morgan fingerprint density at radius 3 is 2.97 bits per heavy atom. The summed E-state index contributed by atoms with van der Waals surface area (Å²) < 4.78 is 0. The smallest absolute Gasteiger partial charge is 0.251 e. The minimum Gasteiger partial charge on any atom is -0.358 e. The summed E-state index contributed by atoms with van der Waals surface area (Å²) >= 11 is 0. The lowest BCUT2D eigenvalue weighted by Crippen LogP contribution is -2.50. The molecular weight excluding hydrogens is 388 g/mol. The van der Waals surface area contributed by atoms with E-state index in [0.717, 1.165) is 35.2 Å². The van der Waals surface area contributed by atoms with Gasteiger partial charge in [-0.2, -0.15) is 0 Å². The summed E-state index contributed by atoms with van der Waals surface area (Å²) in [4.78, 5) is 29.8. The zero-order chi connectivity index (χ0) is 21.6. The molecule has 1 fully saturated rings. The van der Waals surface area contributed by atoms with E-state index in [4.69, 9.17) is 0 Å². The van der Waals surface area contributed by atoms with Gasteiger partial charge in [0.15, 0.2) is 0 Å². The van der Waals surface area contributed by atoms with Gasteiger partial charge in [0, 0.05) is 24.7 Å². The molecule has 0 aromatic heterocycles. The topological polar surface area (TPSA) is 82.6 Å². The van der Waals surface area contributed by atoms with Crippen molar-refractivity contribution >= 4 is 23.7 Å². The van der Waals surface area contributed by atoms with Gasteiger partial charge in [0.2, 0.25) is 0 Å². The third-order valence-electron chi connectivity index (χ3n) is 6.55. The lowest BCUT2D eigenvalue weighted by molar-refractivity contribution is -0.124. The van der Waals surface area contributed by atoms with Gasteiger partial charge in [-0.25, -0.2) is 0 Å². The quantitative estimate of drug-likeness (QED) is 0.722. The molecule has 6 nitrogen and oxygen atoms in total. The normalized spacial score (nSPS) is 23.7. The third kappa shape index (κ3) is 3.52. The number of nitrogens with zero attached hydrogens (tertiary/aromatic N) is 1. The number of aliphatic imine (C=N–C) groups is 1. The first-order valence-electron chi connectivity index (χ1n) is 10.8. The van der Waals surface area contributed by atoms with Gasteiger partial charge in [-0.05, 0) is 65.6 Å². The number of rotatable bonds is 3. The molecule has 3 aliphatic rings. The number of amides is 2. The van der Waals surface area contributed by atoms with Gasteiger partial charge < -0.3 is 16.0 Å². The number of fused-ring (bicyclic) bond motifs is 2. The molecule has 3 N–H and O–H groups in total. The first-order chi connectivity index (χ1) is 14.9. The average Bonchev–Trinajstić information content (AvgIpc) is 3.03. The molecule has 2 aliphatic heterocycles. The fourth-order valence-corrected chi connectivity index (χ4v) is 4.87. The first kappa shape index (κ1) is 19.5. The molecule has 2 aromatic rings. The lowest BCUT2D eigenvalue weighted by Gasteiger charge is -2.32. The van der Waals surface area contributed by atoms with Crippen LogP contribution in [0.5, 0.6) is 0 Å². The molecule has 2 heterocycles. The van der Waals surface area contributed by atoms with Crippen LogP contribution in [0.15, 0.2) is 53.8 Å². The molecule has 5 rings (SSSR count). The molecule has 2 unspecified atom stereocenters. The van der Waals surface area contributed by atoms with Crippen LogP contribution in [0.1, 0.15) is 46.0 Å². The Morgan fingerprint density at radius 2 is 2.16 bits per heavy atom. The summed E-state index contributed by atoms with van der Waals surface area (Å²) in [5, 5.41) is 9.07. The standard InChI is InChI=1S/C25H26N4O2/c1-15-10-21-20(4-3-5-22(21)26-13-15)14-27-23(30)18-6-7-19-12-25(9-8-17(19)11-18)24(31)28-16(2)29-25/h3-7,11,13,15,29H,2,8-10,12,14H2,1H3,(H,27,30)(H,28,31). The van der Waals surface area contributed by atoms with Crippen LogP contribution in [-0.2, 0) is 30.6 Å². The maximum absolute atomic E-state index is 12.9. The van der Waals surface area contributed by atoms with Crippen LogP contribution in [0, 0.1) is 5.92 Å². The molecule has 2 atom stereocenters. The number of hydrogen-bond donors (Lipinski definition) is 3. The van der Waals surface area contributed by atoms with Crippen molar-refractivity contribution in [3.63, 3.8) is 0 Å². The van der Waals surface area contributed by atoms with Gasteiger partial charge in [-0.3, -0.25) is 14.6 Å². The van der Waals surface area contributed by atoms with E-state index in [1.54, 1.807) is 0 Å². The fraction of sp³-hybridized carbons (Fsp3) is 0.320. The molecule has 0 saturated carbocycles.